The molecule has 1 atom stereocenters. The molecule has 1 heterocycles. The van der Waals surface area contributed by atoms with E-state index in [4.69, 9.17) is 16.3 Å². The maximum absolute atomic E-state index is 12.6. The summed E-state index contributed by atoms with van der Waals surface area (Å²) in [5.74, 6) is 1.46. The number of carbonyl (C=O) groups excluding carboxylic acids is 1. The van der Waals surface area contributed by atoms with Crippen molar-refractivity contribution in [2.24, 2.45) is 0 Å². The summed E-state index contributed by atoms with van der Waals surface area (Å²) in [7, 11) is 1.64. The lowest BCUT2D eigenvalue weighted by Gasteiger charge is -2.23. The molecule has 1 aromatic heterocycles. The highest BCUT2D eigenvalue weighted by Gasteiger charge is 2.28. The highest BCUT2D eigenvalue weighted by Crippen LogP contribution is 2.33. The Morgan fingerprint density at radius 3 is 2.52 bits per heavy atom. The Balaban J connectivity index is 1.58. The quantitative estimate of drug-likeness (QED) is 0.705. The molecule has 6 heteroatoms. The van der Waals surface area contributed by atoms with Crippen molar-refractivity contribution in [2.45, 2.75) is 18.8 Å². The lowest BCUT2D eigenvalue weighted by molar-refractivity contribution is 0.0962. The van der Waals surface area contributed by atoms with E-state index in [1.165, 1.54) is 0 Å². The van der Waals surface area contributed by atoms with Crippen molar-refractivity contribution in [3.63, 3.8) is 0 Å². The molecule has 27 heavy (non-hydrogen) atoms. The summed E-state index contributed by atoms with van der Waals surface area (Å²) < 4.78 is 5.21. The second-order valence-corrected chi connectivity index (χ2v) is 6.92. The molecule has 1 aliphatic rings. The monoisotopic (exact) mass is 379 g/mol. The van der Waals surface area contributed by atoms with Crippen LogP contribution >= 0.6 is 11.6 Å². The van der Waals surface area contributed by atoms with E-state index >= 15 is 0 Å². The van der Waals surface area contributed by atoms with Crippen LogP contribution in [0, 0.1) is 0 Å². The second kappa shape index (κ2) is 7.37. The SMILES string of the molecule is COc1ccc([C@H]2CC(=O)c3cnc(Nc4ccc(Cl)cc4)nc3C2)cc1. The Morgan fingerprint density at radius 1 is 1.07 bits per heavy atom. The van der Waals surface area contributed by atoms with E-state index in [9.17, 15) is 4.79 Å². The summed E-state index contributed by atoms with van der Waals surface area (Å²) in [6.07, 6.45) is 2.78. The fourth-order valence-corrected chi connectivity index (χ4v) is 3.41. The van der Waals surface area contributed by atoms with Gasteiger partial charge in [0, 0.05) is 23.3 Å². The topological polar surface area (TPSA) is 64.1 Å². The van der Waals surface area contributed by atoms with Crippen LogP contribution in [-0.4, -0.2) is 22.9 Å². The first-order valence-corrected chi connectivity index (χ1v) is 9.06. The van der Waals surface area contributed by atoms with E-state index in [0.29, 0.717) is 29.4 Å². The Labute approximate surface area is 162 Å². The van der Waals surface area contributed by atoms with E-state index in [1.807, 2.05) is 36.4 Å². The molecule has 3 aromatic rings. The van der Waals surface area contributed by atoms with Crippen LogP contribution in [0.4, 0.5) is 11.6 Å². The van der Waals surface area contributed by atoms with Gasteiger partial charge in [0.15, 0.2) is 5.78 Å². The number of aromatic nitrogens is 2. The third kappa shape index (κ3) is 3.78. The van der Waals surface area contributed by atoms with Crippen LogP contribution in [0.1, 0.15) is 34.0 Å². The van der Waals surface area contributed by atoms with Gasteiger partial charge in [0.1, 0.15) is 5.75 Å². The molecule has 0 amide bonds. The zero-order valence-corrected chi connectivity index (χ0v) is 15.5. The van der Waals surface area contributed by atoms with Gasteiger partial charge in [-0.05, 0) is 54.3 Å². The summed E-state index contributed by atoms with van der Waals surface area (Å²) in [6.45, 7) is 0. The molecule has 0 fully saturated rings. The first kappa shape index (κ1) is 17.5. The minimum Gasteiger partial charge on any atom is -0.497 e. The van der Waals surface area contributed by atoms with Crippen LogP contribution in [0.25, 0.3) is 0 Å². The molecule has 136 valence electrons. The predicted molar refractivity (Wildman–Crippen MR) is 105 cm³/mol. The highest BCUT2D eigenvalue weighted by molar-refractivity contribution is 6.30. The zero-order valence-electron chi connectivity index (χ0n) is 14.8. The first-order valence-electron chi connectivity index (χ1n) is 8.68. The van der Waals surface area contributed by atoms with Crippen LogP contribution < -0.4 is 10.1 Å². The molecule has 2 aromatic carbocycles. The predicted octanol–water partition coefficient (Wildman–Crippen LogP) is 4.79. The highest BCUT2D eigenvalue weighted by atomic mass is 35.5. The van der Waals surface area contributed by atoms with Gasteiger partial charge in [-0.1, -0.05) is 23.7 Å². The molecular formula is C21H18ClN3O2. The fourth-order valence-electron chi connectivity index (χ4n) is 3.28. The van der Waals surface area contributed by atoms with Gasteiger partial charge in [0.2, 0.25) is 5.95 Å². The number of nitrogens with one attached hydrogen (secondary N) is 1. The second-order valence-electron chi connectivity index (χ2n) is 6.49. The van der Waals surface area contributed by atoms with Crippen LogP contribution in [0.2, 0.25) is 5.02 Å². The maximum Gasteiger partial charge on any atom is 0.227 e. The fraction of sp³-hybridized carbons (Fsp3) is 0.190. The normalized spacial score (nSPS) is 15.9. The van der Waals surface area contributed by atoms with Gasteiger partial charge in [-0.3, -0.25) is 4.79 Å². The average molecular weight is 380 g/mol. The van der Waals surface area contributed by atoms with Gasteiger partial charge >= 0.3 is 0 Å². The number of fused-ring (bicyclic) bond motifs is 1. The lowest BCUT2D eigenvalue weighted by Crippen LogP contribution is -2.21. The number of anilines is 2. The van der Waals surface area contributed by atoms with Gasteiger partial charge in [-0.25, -0.2) is 9.97 Å². The molecule has 0 radical (unpaired) electrons. The number of benzene rings is 2. The lowest BCUT2D eigenvalue weighted by atomic mass is 9.82. The Hall–Kier alpha value is -2.92. The number of methoxy groups -OCH3 is 1. The Bertz CT molecular complexity index is 972. The zero-order chi connectivity index (χ0) is 18.8. The first-order chi connectivity index (χ1) is 13.1. The molecular weight excluding hydrogens is 362 g/mol. The van der Waals surface area contributed by atoms with Crippen molar-refractivity contribution < 1.29 is 9.53 Å². The minimum absolute atomic E-state index is 0.0788. The number of hydrogen-bond donors (Lipinski definition) is 1. The molecule has 0 saturated carbocycles. The molecule has 0 saturated heterocycles. The van der Waals surface area contributed by atoms with Crippen LogP contribution in [0.5, 0.6) is 5.75 Å². The van der Waals surface area contributed by atoms with E-state index in [-0.39, 0.29) is 11.7 Å². The number of rotatable bonds is 4. The van der Waals surface area contributed by atoms with Crippen molar-refractivity contribution in [2.75, 3.05) is 12.4 Å². The summed E-state index contributed by atoms with van der Waals surface area (Å²) in [6, 6.07) is 15.2. The van der Waals surface area contributed by atoms with E-state index in [0.717, 1.165) is 22.7 Å². The van der Waals surface area contributed by atoms with Crippen molar-refractivity contribution in [1.29, 1.82) is 0 Å². The summed E-state index contributed by atoms with van der Waals surface area (Å²) in [5, 5.41) is 3.82. The van der Waals surface area contributed by atoms with E-state index in [2.05, 4.69) is 15.3 Å². The molecule has 5 nitrogen and oxygen atoms in total. The molecule has 0 aliphatic heterocycles. The standard InChI is InChI=1S/C21H18ClN3O2/c1-27-17-8-2-13(3-9-17)14-10-19-18(20(26)11-14)12-23-21(25-19)24-16-6-4-15(22)5-7-16/h2-9,12,14H,10-11H2,1H3,(H,23,24,25)/t14-/m1/s1. The van der Waals surface area contributed by atoms with Crippen molar-refractivity contribution in [3.05, 3.63) is 76.6 Å². The number of ether oxygens (including phenoxy) is 1. The van der Waals surface area contributed by atoms with Gasteiger partial charge in [-0.15, -0.1) is 0 Å². The maximum atomic E-state index is 12.6. The summed E-state index contributed by atoms with van der Waals surface area (Å²) in [4.78, 5) is 21.4. The molecule has 0 unspecified atom stereocenters. The van der Waals surface area contributed by atoms with Crippen LogP contribution in [0.15, 0.2) is 54.7 Å². The van der Waals surface area contributed by atoms with Crippen LogP contribution in [0.3, 0.4) is 0 Å². The number of nitrogens with zero attached hydrogens (tertiary/aromatic N) is 2. The summed E-state index contributed by atoms with van der Waals surface area (Å²) in [5.41, 5.74) is 3.34. The van der Waals surface area contributed by atoms with E-state index < -0.39 is 0 Å². The van der Waals surface area contributed by atoms with Crippen molar-refractivity contribution >= 4 is 29.0 Å². The van der Waals surface area contributed by atoms with Gasteiger partial charge in [-0.2, -0.15) is 0 Å². The Kier molecular flexibility index (Phi) is 4.77. The number of Topliss-reactive ketones (excluding diaryl/α,β-unsaturated/α-hetero) is 1. The number of halogens is 1. The molecule has 1 N–H and O–H groups in total. The third-order valence-corrected chi connectivity index (χ3v) is 4.98. The van der Waals surface area contributed by atoms with Gasteiger partial charge < -0.3 is 10.1 Å². The largest absolute Gasteiger partial charge is 0.497 e. The van der Waals surface area contributed by atoms with Crippen molar-refractivity contribution in [3.8, 4) is 5.75 Å². The third-order valence-electron chi connectivity index (χ3n) is 4.73. The smallest absolute Gasteiger partial charge is 0.227 e. The molecule has 0 bridgehead atoms. The molecule has 4 rings (SSSR count). The minimum atomic E-state index is 0.0788. The Morgan fingerprint density at radius 2 is 1.81 bits per heavy atom. The van der Waals surface area contributed by atoms with Gasteiger partial charge in [0.05, 0.1) is 18.4 Å². The van der Waals surface area contributed by atoms with Gasteiger partial charge in [0.25, 0.3) is 0 Å². The van der Waals surface area contributed by atoms with Crippen LogP contribution in [-0.2, 0) is 6.42 Å². The molecule has 1 aliphatic carbocycles. The average Bonchev–Trinajstić information content (AvgIpc) is 2.69. The summed E-state index contributed by atoms with van der Waals surface area (Å²) >= 11 is 5.91. The molecule has 0 spiro atoms. The van der Waals surface area contributed by atoms with E-state index in [1.54, 1.807) is 25.4 Å². The number of ketones is 1. The number of carbonyl (C=O) groups is 1. The number of hydrogen-bond acceptors (Lipinski definition) is 5. The van der Waals surface area contributed by atoms with Crippen molar-refractivity contribution in [1.82, 2.24) is 9.97 Å².